The van der Waals surface area contributed by atoms with Crippen LogP contribution < -0.4 is 10.6 Å². The van der Waals surface area contributed by atoms with E-state index in [-0.39, 0.29) is 18.9 Å². The Bertz CT molecular complexity index is 2080. The van der Waals surface area contributed by atoms with Crippen molar-refractivity contribution in [3.05, 3.63) is 24.3 Å². The standard InChI is InChI=1S/C76H140N2O21/c1-4-6-8-10-12-14-16-18-20-21-22-23-24-25-26-27-28-29-30-31-32-33-34-35-36-38-40-42-44-46-48-50-63(86)78-57(58(83)49-47-45-43-41-39-37-19-17-15-13-11-9-7-5-2)55-94-73-68(90)67(89)70(62(54-81)96-73)97-74-69(91)72(66(88)61(53-80)95-74)99-76(75(92)93)51-59(84)64(77-56(3)82)71(98-76)65(87)60(85)52-79/h22-23,25-26,57-62,64-74,79-81,83-85,87-91H,4-21,24,27-55H2,1-3H3,(H,77,82)(H,78,86)(H,92,93)/b23-22-,26-25-. The lowest BCUT2D eigenvalue weighted by Gasteiger charge is -2.50. The topological polar surface area (TPSA) is 373 Å². The van der Waals surface area contributed by atoms with E-state index in [2.05, 4.69) is 48.8 Å². The van der Waals surface area contributed by atoms with Crippen molar-refractivity contribution < 1.29 is 104 Å². The Morgan fingerprint density at radius 2 is 0.970 bits per heavy atom. The van der Waals surface area contributed by atoms with Crippen LogP contribution in [0.25, 0.3) is 0 Å². The van der Waals surface area contributed by atoms with E-state index in [9.17, 15) is 75.7 Å². The molecular formula is C76H140N2O21. The van der Waals surface area contributed by atoms with Gasteiger partial charge in [0.25, 0.3) is 5.79 Å². The van der Waals surface area contributed by atoms with Crippen LogP contribution in [0, 0.1) is 0 Å². The molecule has 18 unspecified atom stereocenters. The molecule has 0 radical (unpaired) electrons. The summed E-state index contributed by atoms with van der Waals surface area (Å²) < 4.78 is 34.9. The van der Waals surface area contributed by atoms with Gasteiger partial charge in [0.05, 0.1) is 50.7 Å². The predicted molar refractivity (Wildman–Crippen MR) is 380 cm³/mol. The highest BCUT2D eigenvalue weighted by molar-refractivity contribution is 5.77. The van der Waals surface area contributed by atoms with E-state index in [0.717, 1.165) is 64.7 Å². The number of unbranched alkanes of at least 4 members (excludes halogenated alkanes) is 37. The van der Waals surface area contributed by atoms with Crippen molar-refractivity contribution in [2.45, 2.75) is 413 Å². The average Bonchev–Trinajstić information content (AvgIpc) is 0.753. The van der Waals surface area contributed by atoms with Crippen molar-refractivity contribution in [2.75, 3.05) is 26.4 Å². The highest BCUT2D eigenvalue weighted by atomic mass is 16.8. The Morgan fingerprint density at radius 1 is 0.525 bits per heavy atom. The van der Waals surface area contributed by atoms with Crippen molar-refractivity contribution >= 4 is 17.8 Å². The van der Waals surface area contributed by atoms with Crippen LogP contribution in [0.2, 0.25) is 0 Å². The van der Waals surface area contributed by atoms with Gasteiger partial charge in [-0.05, 0) is 44.9 Å². The number of carbonyl (C=O) groups excluding carboxylic acids is 2. The first-order chi connectivity index (χ1) is 47.9. The molecule has 580 valence electrons. The minimum atomic E-state index is -3.08. The highest BCUT2D eigenvalue weighted by Gasteiger charge is 2.60. The van der Waals surface area contributed by atoms with Gasteiger partial charge in [0.15, 0.2) is 12.6 Å². The van der Waals surface area contributed by atoms with E-state index in [1.165, 1.54) is 193 Å². The number of aliphatic carboxylic acids is 1. The van der Waals surface area contributed by atoms with Crippen LogP contribution in [0.3, 0.4) is 0 Å². The first-order valence-corrected chi connectivity index (χ1v) is 39.2. The monoisotopic (exact) mass is 1420 g/mol. The van der Waals surface area contributed by atoms with Crippen LogP contribution >= 0.6 is 0 Å². The number of carboxylic acids is 1. The van der Waals surface area contributed by atoms with Gasteiger partial charge in [-0.15, -0.1) is 0 Å². The molecule has 2 amide bonds. The molecule has 3 rings (SSSR count). The molecule has 0 aromatic heterocycles. The van der Waals surface area contributed by atoms with E-state index in [1.54, 1.807) is 0 Å². The molecule has 14 N–H and O–H groups in total. The Balaban J connectivity index is 1.47. The second-order valence-corrected chi connectivity index (χ2v) is 28.6. The third-order valence-electron chi connectivity index (χ3n) is 19.9. The summed E-state index contributed by atoms with van der Waals surface area (Å²) in [6, 6.07) is -2.53. The summed E-state index contributed by atoms with van der Waals surface area (Å²) in [5.74, 6) is -6.10. The zero-order chi connectivity index (χ0) is 72.5. The summed E-state index contributed by atoms with van der Waals surface area (Å²) in [5.41, 5.74) is 0. The number of aliphatic hydroxyl groups excluding tert-OH is 11. The van der Waals surface area contributed by atoms with Gasteiger partial charge in [0, 0.05) is 19.8 Å². The summed E-state index contributed by atoms with van der Waals surface area (Å²) in [4.78, 5) is 38.6. The number of carboxylic acid groups (broad SMARTS) is 1. The van der Waals surface area contributed by atoms with E-state index >= 15 is 0 Å². The minimum Gasteiger partial charge on any atom is -0.477 e. The lowest BCUT2D eigenvalue weighted by molar-refractivity contribution is -0.386. The smallest absolute Gasteiger partial charge is 0.364 e. The molecule has 3 fully saturated rings. The zero-order valence-electron chi connectivity index (χ0n) is 61.1. The average molecular weight is 1420 g/mol. The normalized spacial score (nSPS) is 27.2. The third kappa shape index (κ3) is 36.7. The quantitative estimate of drug-likeness (QED) is 0.0199. The lowest BCUT2D eigenvalue weighted by atomic mass is 9.88. The van der Waals surface area contributed by atoms with E-state index in [4.69, 9.17) is 28.4 Å². The largest absolute Gasteiger partial charge is 0.477 e. The Morgan fingerprint density at radius 3 is 1.41 bits per heavy atom. The summed E-state index contributed by atoms with van der Waals surface area (Å²) in [6.45, 7) is 2.22. The molecule has 0 aliphatic carbocycles. The fraction of sp³-hybridized carbons (Fsp3) is 0.908. The molecular weight excluding hydrogens is 1280 g/mol. The number of aliphatic hydroxyl groups is 11. The van der Waals surface area contributed by atoms with Gasteiger partial charge in [-0.3, -0.25) is 9.59 Å². The molecule has 0 spiro atoms. The molecule has 23 heteroatoms. The Kier molecular flexibility index (Phi) is 50.8. The first kappa shape index (κ1) is 90.4. The van der Waals surface area contributed by atoms with Gasteiger partial charge in [-0.2, -0.15) is 0 Å². The second-order valence-electron chi connectivity index (χ2n) is 28.6. The number of ether oxygens (including phenoxy) is 6. The third-order valence-corrected chi connectivity index (χ3v) is 19.9. The fourth-order valence-electron chi connectivity index (χ4n) is 13.7. The van der Waals surface area contributed by atoms with Crippen LogP contribution in [-0.2, 0) is 42.8 Å². The van der Waals surface area contributed by atoms with Gasteiger partial charge < -0.3 is 100 Å². The zero-order valence-corrected chi connectivity index (χ0v) is 61.1. The fourth-order valence-corrected chi connectivity index (χ4v) is 13.7. The summed E-state index contributed by atoms with van der Waals surface area (Å²) in [5, 5.41) is 136. The van der Waals surface area contributed by atoms with E-state index in [1.807, 2.05) is 0 Å². The van der Waals surface area contributed by atoms with Crippen molar-refractivity contribution in [1.29, 1.82) is 0 Å². The molecule has 3 saturated heterocycles. The van der Waals surface area contributed by atoms with Gasteiger partial charge in [-0.1, -0.05) is 263 Å². The highest BCUT2D eigenvalue weighted by Crippen LogP contribution is 2.39. The number of hydrogen-bond donors (Lipinski definition) is 14. The van der Waals surface area contributed by atoms with Crippen LogP contribution in [0.1, 0.15) is 303 Å². The maximum Gasteiger partial charge on any atom is 0.364 e. The summed E-state index contributed by atoms with van der Waals surface area (Å²) >= 11 is 0. The lowest BCUT2D eigenvalue weighted by Crippen LogP contribution is -2.70. The Hall–Kier alpha value is -2.79. The van der Waals surface area contributed by atoms with Crippen molar-refractivity contribution in [3.8, 4) is 0 Å². The van der Waals surface area contributed by atoms with Crippen LogP contribution in [0.15, 0.2) is 24.3 Å². The van der Waals surface area contributed by atoms with Gasteiger partial charge >= 0.3 is 5.97 Å². The maximum atomic E-state index is 13.5. The molecule has 3 aliphatic heterocycles. The van der Waals surface area contributed by atoms with Gasteiger partial charge in [-0.25, -0.2) is 4.79 Å². The Labute approximate surface area is 594 Å². The number of carbonyl (C=O) groups is 3. The number of hydrogen-bond acceptors (Lipinski definition) is 20. The predicted octanol–water partition coefficient (Wildman–Crippen LogP) is 9.57. The van der Waals surface area contributed by atoms with Crippen LogP contribution in [0.4, 0.5) is 0 Å². The molecule has 3 heterocycles. The molecule has 3 aliphatic rings. The molecule has 0 aromatic rings. The van der Waals surface area contributed by atoms with Gasteiger partial charge in [0.1, 0.15) is 67.1 Å². The molecule has 0 bridgehead atoms. The molecule has 23 nitrogen and oxygen atoms in total. The number of allylic oxidation sites excluding steroid dienone is 4. The summed E-state index contributed by atoms with van der Waals surface area (Å²) in [7, 11) is 0. The number of amides is 2. The second kappa shape index (κ2) is 55.7. The van der Waals surface area contributed by atoms with E-state index in [0.29, 0.717) is 19.3 Å². The van der Waals surface area contributed by atoms with Crippen molar-refractivity contribution in [1.82, 2.24) is 10.6 Å². The molecule has 99 heavy (non-hydrogen) atoms. The van der Waals surface area contributed by atoms with Crippen molar-refractivity contribution in [3.63, 3.8) is 0 Å². The van der Waals surface area contributed by atoms with E-state index < -0.39 is 148 Å². The molecule has 0 aromatic carbocycles. The molecule has 18 atom stereocenters. The molecule has 0 saturated carbocycles. The SMILES string of the molecule is CCCCCCCCCCC/C=C\C/C=C\CCCCCCCCCCCCCCCCCC(=O)NC(COC1OC(CO)C(OC2OC(CO)C(O)C(OC3(C(=O)O)CC(O)C(NC(C)=O)C(C(O)C(O)CO)O3)C2O)C(O)C1O)C(O)CCCCCCCCCCCCCCCC. The maximum absolute atomic E-state index is 13.5. The minimum absolute atomic E-state index is 0.224. The van der Waals surface area contributed by atoms with Crippen molar-refractivity contribution in [2.24, 2.45) is 0 Å². The van der Waals surface area contributed by atoms with Gasteiger partial charge in [0.2, 0.25) is 11.8 Å². The number of nitrogens with one attached hydrogen (secondary N) is 2. The summed E-state index contributed by atoms with van der Waals surface area (Å²) in [6.07, 6.45) is 30.5. The van der Waals surface area contributed by atoms with Crippen LogP contribution in [-0.4, -0.2) is 215 Å². The van der Waals surface area contributed by atoms with Crippen LogP contribution in [0.5, 0.6) is 0 Å². The number of rotatable bonds is 61. The first-order valence-electron chi connectivity index (χ1n) is 39.2.